The van der Waals surface area contributed by atoms with Crippen LogP contribution in [0, 0.1) is 0 Å². The first kappa shape index (κ1) is 21.3. The summed E-state index contributed by atoms with van der Waals surface area (Å²) in [5.41, 5.74) is 2.16. The number of benzene rings is 2. The Morgan fingerprint density at radius 3 is 2.50 bits per heavy atom. The van der Waals surface area contributed by atoms with Crippen molar-refractivity contribution < 1.29 is 14.3 Å². The molecule has 0 aliphatic heterocycles. The molecular formula is C23H26N4O3. The lowest BCUT2D eigenvalue weighted by atomic mass is 10.1. The van der Waals surface area contributed by atoms with Crippen LogP contribution in [0.1, 0.15) is 15.9 Å². The summed E-state index contributed by atoms with van der Waals surface area (Å²) >= 11 is 0. The second kappa shape index (κ2) is 9.84. The van der Waals surface area contributed by atoms with E-state index in [1.165, 1.54) is 7.11 Å². The molecular weight excluding hydrogens is 380 g/mol. The van der Waals surface area contributed by atoms with Crippen molar-refractivity contribution in [2.45, 2.75) is 6.54 Å². The number of fused-ring (bicyclic) bond motifs is 1. The highest BCUT2D eigenvalue weighted by Gasteiger charge is 2.16. The van der Waals surface area contributed by atoms with Crippen molar-refractivity contribution in [3.63, 3.8) is 0 Å². The van der Waals surface area contributed by atoms with Crippen LogP contribution in [0.15, 0.2) is 60.9 Å². The number of aromatic nitrogens is 1. The predicted molar refractivity (Wildman–Crippen MR) is 118 cm³/mol. The van der Waals surface area contributed by atoms with E-state index in [1.807, 2.05) is 55.4 Å². The third-order valence-corrected chi connectivity index (χ3v) is 4.78. The van der Waals surface area contributed by atoms with E-state index in [0.717, 1.165) is 28.6 Å². The maximum Gasteiger partial charge on any atom is 0.337 e. The quantitative estimate of drug-likeness (QED) is 0.607. The van der Waals surface area contributed by atoms with Crippen molar-refractivity contribution in [3.05, 3.63) is 72.1 Å². The van der Waals surface area contributed by atoms with Gasteiger partial charge in [-0.3, -0.25) is 4.98 Å². The van der Waals surface area contributed by atoms with Gasteiger partial charge in [0.1, 0.15) is 0 Å². The lowest BCUT2D eigenvalue weighted by molar-refractivity contribution is 0.0600. The van der Waals surface area contributed by atoms with Crippen LogP contribution in [-0.2, 0) is 11.3 Å². The maximum atomic E-state index is 13.1. The van der Waals surface area contributed by atoms with Gasteiger partial charge in [-0.25, -0.2) is 9.59 Å². The normalized spacial score (nSPS) is 10.8. The molecule has 0 aliphatic carbocycles. The Bertz CT molecular complexity index is 1010. The number of hydrogen-bond acceptors (Lipinski definition) is 5. The van der Waals surface area contributed by atoms with Crippen LogP contribution in [0.25, 0.3) is 10.8 Å². The SMILES string of the molecule is COC(=O)c1ccc(CN(CCN(C)C)C(=O)Nc2cccc3cnccc23)cc1. The van der Waals surface area contributed by atoms with Crippen molar-refractivity contribution in [1.29, 1.82) is 0 Å². The van der Waals surface area contributed by atoms with E-state index in [9.17, 15) is 9.59 Å². The molecule has 0 fully saturated rings. The molecule has 0 aliphatic rings. The maximum absolute atomic E-state index is 13.1. The number of esters is 1. The van der Waals surface area contributed by atoms with E-state index in [4.69, 9.17) is 4.74 Å². The number of nitrogens with one attached hydrogen (secondary N) is 1. The van der Waals surface area contributed by atoms with Gasteiger partial charge >= 0.3 is 12.0 Å². The van der Waals surface area contributed by atoms with Gasteiger partial charge in [0.05, 0.1) is 18.4 Å². The van der Waals surface area contributed by atoms with Gasteiger partial charge in [-0.1, -0.05) is 24.3 Å². The minimum atomic E-state index is -0.380. The Balaban J connectivity index is 1.78. The van der Waals surface area contributed by atoms with Gasteiger partial charge in [0.2, 0.25) is 0 Å². The standard InChI is InChI=1S/C23H26N4O3/c1-26(2)13-14-27(16-17-7-9-18(10-8-17)22(28)30-3)23(29)25-21-6-4-5-19-15-24-12-11-20(19)21/h4-12,15H,13-14,16H2,1-3H3,(H,25,29). The molecule has 0 spiro atoms. The van der Waals surface area contributed by atoms with Crippen LogP contribution in [0.4, 0.5) is 10.5 Å². The number of urea groups is 1. The summed E-state index contributed by atoms with van der Waals surface area (Å²) in [7, 11) is 5.30. The number of methoxy groups -OCH3 is 1. The summed E-state index contributed by atoms with van der Waals surface area (Å²) < 4.78 is 4.74. The molecule has 7 heteroatoms. The Labute approximate surface area is 176 Å². The molecule has 7 nitrogen and oxygen atoms in total. The van der Waals surface area contributed by atoms with E-state index >= 15 is 0 Å². The highest BCUT2D eigenvalue weighted by Crippen LogP contribution is 2.22. The minimum Gasteiger partial charge on any atom is -0.465 e. The van der Waals surface area contributed by atoms with Gasteiger partial charge in [0, 0.05) is 42.8 Å². The molecule has 0 atom stereocenters. The lowest BCUT2D eigenvalue weighted by Gasteiger charge is -2.25. The fourth-order valence-electron chi connectivity index (χ4n) is 3.08. The fraction of sp³-hybridized carbons (Fsp3) is 0.261. The average molecular weight is 406 g/mol. The van der Waals surface area contributed by atoms with Crippen molar-refractivity contribution in [1.82, 2.24) is 14.8 Å². The Hall–Kier alpha value is -3.45. The molecule has 2 amide bonds. The Morgan fingerprint density at radius 1 is 1.03 bits per heavy atom. The van der Waals surface area contributed by atoms with Crippen LogP contribution in [0.3, 0.4) is 0 Å². The predicted octanol–water partition coefficient (Wildman–Crippen LogP) is 3.62. The third kappa shape index (κ3) is 5.33. The van der Waals surface area contributed by atoms with Crippen LogP contribution < -0.4 is 5.32 Å². The van der Waals surface area contributed by atoms with Gasteiger partial charge in [-0.05, 0) is 43.9 Å². The Morgan fingerprint density at radius 2 is 1.80 bits per heavy atom. The topological polar surface area (TPSA) is 74.8 Å². The minimum absolute atomic E-state index is 0.182. The number of nitrogens with zero attached hydrogens (tertiary/aromatic N) is 3. The zero-order valence-corrected chi connectivity index (χ0v) is 17.5. The molecule has 30 heavy (non-hydrogen) atoms. The summed E-state index contributed by atoms with van der Waals surface area (Å²) in [5, 5.41) is 4.94. The zero-order valence-electron chi connectivity index (χ0n) is 17.5. The van der Waals surface area contributed by atoms with Gasteiger partial charge in [-0.2, -0.15) is 0 Å². The summed E-state index contributed by atoms with van der Waals surface area (Å²) in [6.45, 7) is 1.71. The summed E-state index contributed by atoms with van der Waals surface area (Å²) in [6, 6.07) is 14.5. The van der Waals surface area contributed by atoms with E-state index in [1.54, 1.807) is 29.4 Å². The zero-order chi connectivity index (χ0) is 21.5. The van der Waals surface area contributed by atoms with E-state index < -0.39 is 0 Å². The summed E-state index contributed by atoms with van der Waals surface area (Å²) in [6.07, 6.45) is 3.49. The van der Waals surface area contributed by atoms with Gasteiger partial charge in [-0.15, -0.1) is 0 Å². The summed E-state index contributed by atoms with van der Waals surface area (Å²) in [5.74, 6) is -0.380. The second-order valence-electron chi connectivity index (χ2n) is 7.25. The molecule has 0 radical (unpaired) electrons. The fourth-order valence-corrected chi connectivity index (χ4v) is 3.08. The molecule has 1 heterocycles. The molecule has 1 aromatic heterocycles. The number of anilines is 1. The van der Waals surface area contributed by atoms with Gasteiger partial charge in [0.15, 0.2) is 0 Å². The van der Waals surface area contributed by atoms with Crippen LogP contribution in [0.5, 0.6) is 0 Å². The van der Waals surface area contributed by atoms with Crippen molar-refractivity contribution in [2.24, 2.45) is 0 Å². The number of carbonyl (C=O) groups excluding carboxylic acids is 2. The highest BCUT2D eigenvalue weighted by atomic mass is 16.5. The van der Waals surface area contributed by atoms with Gasteiger partial charge < -0.3 is 19.9 Å². The van der Waals surface area contributed by atoms with Crippen LogP contribution in [-0.4, -0.2) is 61.1 Å². The molecule has 2 aromatic carbocycles. The number of likely N-dealkylation sites (N-methyl/N-ethyl adjacent to an activating group) is 1. The largest absolute Gasteiger partial charge is 0.465 e. The number of pyridine rings is 1. The lowest BCUT2D eigenvalue weighted by Crippen LogP contribution is -2.39. The van der Waals surface area contributed by atoms with E-state index in [0.29, 0.717) is 18.7 Å². The summed E-state index contributed by atoms with van der Waals surface area (Å²) in [4.78, 5) is 32.7. The van der Waals surface area contributed by atoms with E-state index in [2.05, 4.69) is 10.3 Å². The highest BCUT2D eigenvalue weighted by molar-refractivity contribution is 6.01. The third-order valence-electron chi connectivity index (χ3n) is 4.78. The molecule has 0 unspecified atom stereocenters. The Kier molecular flexibility index (Phi) is 6.98. The molecule has 156 valence electrons. The molecule has 0 bridgehead atoms. The first-order chi connectivity index (χ1) is 14.5. The smallest absolute Gasteiger partial charge is 0.337 e. The number of hydrogen-bond donors (Lipinski definition) is 1. The number of carbonyl (C=O) groups is 2. The average Bonchev–Trinajstić information content (AvgIpc) is 2.76. The molecule has 0 saturated carbocycles. The molecule has 0 saturated heterocycles. The number of amides is 2. The first-order valence-corrected chi connectivity index (χ1v) is 9.68. The molecule has 3 aromatic rings. The number of rotatable bonds is 7. The second-order valence-corrected chi connectivity index (χ2v) is 7.25. The van der Waals surface area contributed by atoms with E-state index in [-0.39, 0.29) is 12.0 Å². The molecule has 1 N–H and O–H groups in total. The monoisotopic (exact) mass is 406 g/mol. The number of ether oxygens (including phenoxy) is 1. The van der Waals surface area contributed by atoms with Gasteiger partial charge in [0.25, 0.3) is 0 Å². The van der Waals surface area contributed by atoms with Crippen LogP contribution >= 0.6 is 0 Å². The van der Waals surface area contributed by atoms with Crippen molar-refractivity contribution >= 4 is 28.5 Å². The van der Waals surface area contributed by atoms with Crippen molar-refractivity contribution in [3.8, 4) is 0 Å². The molecule has 3 rings (SSSR count). The first-order valence-electron chi connectivity index (χ1n) is 9.68. The van der Waals surface area contributed by atoms with Crippen molar-refractivity contribution in [2.75, 3.05) is 39.6 Å². The van der Waals surface area contributed by atoms with Crippen LogP contribution in [0.2, 0.25) is 0 Å².